The standard InChI is InChI=1S/C20H23N3S/c1-4-10-23(11-5-1)20-17(14-21-15-18-8-6-12-24-18)13-16-7-2-3-9-19(16)22-20/h2-3,6-9,12-13,21H,1,4-5,10-11,14-15H2. The van der Waals surface area contributed by atoms with E-state index in [1.54, 1.807) is 11.3 Å². The van der Waals surface area contributed by atoms with Gasteiger partial charge in [0.1, 0.15) is 5.82 Å². The van der Waals surface area contributed by atoms with Crippen molar-refractivity contribution in [3.05, 3.63) is 58.3 Å². The molecule has 1 aliphatic heterocycles. The molecular formula is C20H23N3S. The number of piperidine rings is 1. The fraction of sp³-hybridized carbons (Fsp3) is 0.350. The molecule has 4 heteroatoms. The molecule has 0 saturated carbocycles. The highest BCUT2D eigenvalue weighted by molar-refractivity contribution is 7.09. The normalized spacial score (nSPS) is 15.1. The van der Waals surface area contributed by atoms with Crippen molar-refractivity contribution < 1.29 is 0 Å². The zero-order chi connectivity index (χ0) is 16.2. The Labute approximate surface area is 147 Å². The summed E-state index contributed by atoms with van der Waals surface area (Å²) in [4.78, 5) is 8.85. The second kappa shape index (κ2) is 7.32. The van der Waals surface area contributed by atoms with Gasteiger partial charge in [-0.1, -0.05) is 24.3 Å². The highest BCUT2D eigenvalue weighted by atomic mass is 32.1. The molecule has 3 heterocycles. The largest absolute Gasteiger partial charge is 0.356 e. The maximum Gasteiger partial charge on any atom is 0.133 e. The number of pyridine rings is 1. The maximum atomic E-state index is 5.00. The van der Waals surface area contributed by atoms with Crippen LogP contribution < -0.4 is 10.2 Å². The number of fused-ring (bicyclic) bond motifs is 1. The molecule has 3 nitrogen and oxygen atoms in total. The van der Waals surface area contributed by atoms with Gasteiger partial charge in [0.05, 0.1) is 5.52 Å². The number of nitrogens with one attached hydrogen (secondary N) is 1. The van der Waals surface area contributed by atoms with E-state index < -0.39 is 0 Å². The molecule has 0 unspecified atom stereocenters. The number of rotatable bonds is 5. The molecule has 124 valence electrons. The number of para-hydroxylation sites is 1. The van der Waals surface area contributed by atoms with Crippen LogP contribution in [-0.2, 0) is 13.1 Å². The average molecular weight is 337 g/mol. The van der Waals surface area contributed by atoms with Gasteiger partial charge < -0.3 is 10.2 Å². The molecule has 1 saturated heterocycles. The number of anilines is 1. The Morgan fingerprint density at radius 1 is 1.00 bits per heavy atom. The van der Waals surface area contributed by atoms with Crippen LogP contribution in [0.4, 0.5) is 5.82 Å². The first-order valence-electron chi connectivity index (χ1n) is 8.77. The zero-order valence-electron chi connectivity index (χ0n) is 13.9. The lowest BCUT2D eigenvalue weighted by Gasteiger charge is -2.30. The van der Waals surface area contributed by atoms with Crippen LogP contribution >= 0.6 is 11.3 Å². The summed E-state index contributed by atoms with van der Waals surface area (Å²) in [5.41, 5.74) is 2.41. The molecule has 2 aromatic heterocycles. The van der Waals surface area contributed by atoms with E-state index in [4.69, 9.17) is 4.98 Å². The minimum atomic E-state index is 0.863. The van der Waals surface area contributed by atoms with Crippen LogP contribution in [0.3, 0.4) is 0 Å². The third-order valence-corrected chi connectivity index (χ3v) is 5.51. The highest BCUT2D eigenvalue weighted by Gasteiger charge is 2.16. The van der Waals surface area contributed by atoms with Crippen molar-refractivity contribution in [2.45, 2.75) is 32.4 Å². The molecule has 4 rings (SSSR count). The fourth-order valence-electron chi connectivity index (χ4n) is 3.39. The Hall–Kier alpha value is -1.91. The molecule has 0 radical (unpaired) electrons. The lowest BCUT2D eigenvalue weighted by atomic mass is 10.1. The van der Waals surface area contributed by atoms with E-state index in [0.717, 1.165) is 31.7 Å². The van der Waals surface area contributed by atoms with Crippen LogP contribution in [0, 0.1) is 0 Å². The van der Waals surface area contributed by atoms with Crippen molar-refractivity contribution in [2.24, 2.45) is 0 Å². The van der Waals surface area contributed by atoms with E-state index in [9.17, 15) is 0 Å². The predicted molar refractivity (Wildman–Crippen MR) is 103 cm³/mol. The maximum absolute atomic E-state index is 5.00. The van der Waals surface area contributed by atoms with Crippen molar-refractivity contribution in [3.63, 3.8) is 0 Å². The zero-order valence-corrected chi connectivity index (χ0v) is 14.7. The van der Waals surface area contributed by atoms with E-state index in [1.807, 2.05) is 0 Å². The van der Waals surface area contributed by atoms with Gasteiger partial charge in [0.15, 0.2) is 0 Å². The summed E-state index contributed by atoms with van der Waals surface area (Å²) in [6, 6.07) is 15.0. The molecule has 0 amide bonds. The van der Waals surface area contributed by atoms with Crippen molar-refractivity contribution in [1.29, 1.82) is 0 Å². The van der Waals surface area contributed by atoms with Crippen LogP contribution in [0.2, 0.25) is 0 Å². The summed E-state index contributed by atoms with van der Waals surface area (Å²) in [6.07, 6.45) is 3.89. The van der Waals surface area contributed by atoms with E-state index in [0.29, 0.717) is 0 Å². The molecular weight excluding hydrogens is 314 g/mol. The van der Waals surface area contributed by atoms with Gasteiger partial charge in [0, 0.05) is 42.0 Å². The Balaban J connectivity index is 1.60. The Morgan fingerprint density at radius 2 is 1.88 bits per heavy atom. The fourth-order valence-corrected chi connectivity index (χ4v) is 4.07. The van der Waals surface area contributed by atoms with Crippen LogP contribution in [0.5, 0.6) is 0 Å². The second-order valence-corrected chi connectivity index (χ2v) is 7.43. The monoisotopic (exact) mass is 337 g/mol. The van der Waals surface area contributed by atoms with Crippen LogP contribution in [0.15, 0.2) is 47.8 Å². The Morgan fingerprint density at radius 3 is 2.71 bits per heavy atom. The summed E-state index contributed by atoms with van der Waals surface area (Å²) in [7, 11) is 0. The molecule has 24 heavy (non-hydrogen) atoms. The molecule has 0 spiro atoms. The van der Waals surface area contributed by atoms with E-state index in [-0.39, 0.29) is 0 Å². The van der Waals surface area contributed by atoms with Crippen molar-refractivity contribution in [2.75, 3.05) is 18.0 Å². The summed E-state index contributed by atoms with van der Waals surface area (Å²) in [6.45, 7) is 4.04. The van der Waals surface area contributed by atoms with Gasteiger partial charge in [0.25, 0.3) is 0 Å². The van der Waals surface area contributed by atoms with Crippen LogP contribution in [0.25, 0.3) is 10.9 Å². The van der Waals surface area contributed by atoms with E-state index in [1.165, 1.54) is 40.9 Å². The third kappa shape index (κ3) is 3.45. The van der Waals surface area contributed by atoms with Crippen molar-refractivity contribution >= 4 is 28.1 Å². The minimum absolute atomic E-state index is 0.863. The van der Waals surface area contributed by atoms with E-state index >= 15 is 0 Å². The number of benzene rings is 1. The van der Waals surface area contributed by atoms with E-state index in [2.05, 4.69) is 58.1 Å². The molecule has 0 bridgehead atoms. The summed E-state index contributed by atoms with van der Waals surface area (Å²) < 4.78 is 0. The number of hydrogen-bond donors (Lipinski definition) is 1. The first kappa shape index (κ1) is 15.6. The Bertz CT molecular complexity index is 792. The number of aromatic nitrogens is 1. The Kier molecular flexibility index (Phi) is 4.76. The van der Waals surface area contributed by atoms with Gasteiger partial charge in [-0.15, -0.1) is 11.3 Å². The summed E-state index contributed by atoms with van der Waals surface area (Å²) in [5, 5.41) is 6.95. The lowest BCUT2D eigenvalue weighted by molar-refractivity contribution is 0.570. The van der Waals surface area contributed by atoms with Crippen LogP contribution in [-0.4, -0.2) is 18.1 Å². The van der Waals surface area contributed by atoms with Gasteiger partial charge in [-0.05, 0) is 42.8 Å². The third-order valence-electron chi connectivity index (χ3n) is 4.63. The van der Waals surface area contributed by atoms with Gasteiger partial charge in [-0.2, -0.15) is 0 Å². The SMILES string of the molecule is c1csc(CNCc2cc3ccccc3nc2N2CCCCC2)c1. The van der Waals surface area contributed by atoms with Crippen molar-refractivity contribution in [3.8, 4) is 0 Å². The first-order valence-corrected chi connectivity index (χ1v) is 9.65. The molecule has 1 aliphatic rings. The molecule has 0 aliphatic carbocycles. The van der Waals surface area contributed by atoms with Gasteiger partial charge >= 0.3 is 0 Å². The smallest absolute Gasteiger partial charge is 0.133 e. The number of thiophene rings is 1. The lowest BCUT2D eigenvalue weighted by Crippen LogP contribution is -2.31. The summed E-state index contributed by atoms with van der Waals surface area (Å²) in [5.74, 6) is 1.17. The minimum Gasteiger partial charge on any atom is -0.356 e. The van der Waals surface area contributed by atoms with Crippen molar-refractivity contribution in [1.82, 2.24) is 10.3 Å². The molecule has 1 aromatic carbocycles. The topological polar surface area (TPSA) is 28.2 Å². The average Bonchev–Trinajstić information content (AvgIpc) is 3.15. The van der Waals surface area contributed by atoms with Crippen LogP contribution in [0.1, 0.15) is 29.7 Å². The van der Waals surface area contributed by atoms with Gasteiger partial charge in [-0.25, -0.2) is 4.98 Å². The van der Waals surface area contributed by atoms with Gasteiger partial charge in [0.2, 0.25) is 0 Å². The first-order chi connectivity index (χ1) is 11.9. The number of nitrogens with zero attached hydrogens (tertiary/aromatic N) is 2. The second-order valence-electron chi connectivity index (χ2n) is 6.39. The predicted octanol–water partition coefficient (Wildman–Crippen LogP) is 4.58. The quantitative estimate of drug-likeness (QED) is 0.739. The molecule has 3 aromatic rings. The molecule has 1 fully saturated rings. The summed E-state index contributed by atoms with van der Waals surface area (Å²) >= 11 is 1.80. The highest BCUT2D eigenvalue weighted by Crippen LogP contribution is 2.26. The number of hydrogen-bond acceptors (Lipinski definition) is 4. The molecule has 0 atom stereocenters. The molecule has 1 N–H and O–H groups in total. The van der Waals surface area contributed by atoms with Gasteiger partial charge in [-0.3, -0.25) is 0 Å².